The average Bonchev–Trinajstić information content (AvgIpc) is 2.90. The van der Waals surface area contributed by atoms with E-state index in [0.717, 1.165) is 0 Å². The molecule has 1 heterocycles. The highest BCUT2D eigenvalue weighted by atomic mass is 16.7. The van der Waals surface area contributed by atoms with Crippen molar-refractivity contribution in [3.8, 4) is 0 Å². The molecule has 3 rings (SSSR count). The lowest BCUT2D eigenvalue weighted by molar-refractivity contribution is -0.384. The van der Waals surface area contributed by atoms with Gasteiger partial charge in [-0.2, -0.15) is 4.73 Å². The second-order valence-corrected chi connectivity index (χ2v) is 4.39. The molecule has 0 aliphatic heterocycles. The molecule has 6 nitrogen and oxygen atoms in total. The van der Waals surface area contributed by atoms with Crippen molar-refractivity contribution in [2.24, 2.45) is 0 Å². The predicted molar refractivity (Wildman–Crippen MR) is 75.9 cm³/mol. The molecule has 104 valence electrons. The molecule has 0 fully saturated rings. The van der Waals surface area contributed by atoms with E-state index in [1.165, 1.54) is 16.9 Å². The Kier molecular flexibility index (Phi) is 3.12. The minimum atomic E-state index is -0.494. The Balaban J connectivity index is 1.91. The molecule has 0 aliphatic carbocycles. The first-order valence-electron chi connectivity index (χ1n) is 6.18. The van der Waals surface area contributed by atoms with Crippen molar-refractivity contribution in [1.82, 2.24) is 4.73 Å². The topological polar surface area (TPSA) is 74.4 Å². The number of aromatic nitrogens is 1. The van der Waals surface area contributed by atoms with Gasteiger partial charge in [0.15, 0.2) is 0 Å². The number of fused-ring (bicyclic) bond motifs is 1. The highest BCUT2D eigenvalue weighted by Crippen LogP contribution is 2.21. The molecule has 21 heavy (non-hydrogen) atoms. The van der Waals surface area contributed by atoms with Gasteiger partial charge in [-0.3, -0.25) is 10.1 Å². The average molecular weight is 282 g/mol. The van der Waals surface area contributed by atoms with E-state index in [1.54, 1.807) is 48.7 Å². The summed E-state index contributed by atoms with van der Waals surface area (Å²) in [6.07, 6.45) is 1.55. The third kappa shape index (κ3) is 2.46. The molecule has 0 atom stereocenters. The third-order valence-electron chi connectivity index (χ3n) is 3.04. The van der Waals surface area contributed by atoms with Crippen LogP contribution in [0.5, 0.6) is 0 Å². The molecule has 0 saturated carbocycles. The monoisotopic (exact) mass is 282 g/mol. The number of carbonyl (C=O) groups excluding carboxylic acids is 1. The van der Waals surface area contributed by atoms with Crippen LogP contribution >= 0.6 is 0 Å². The van der Waals surface area contributed by atoms with E-state index in [9.17, 15) is 14.9 Å². The quantitative estimate of drug-likeness (QED) is 0.547. The fourth-order valence-corrected chi connectivity index (χ4v) is 2.01. The number of carbonyl (C=O) groups is 1. The standard InChI is InChI=1S/C15H10N2O4/c18-15(11-4-2-1-3-5-11)21-16-9-8-12-10-13(17(19)20)6-7-14(12)16/h1-10H. The summed E-state index contributed by atoms with van der Waals surface area (Å²) in [5.41, 5.74) is 1.01. The Bertz CT molecular complexity index is 824. The van der Waals surface area contributed by atoms with Gasteiger partial charge >= 0.3 is 5.97 Å². The molecule has 3 aromatic rings. The lowest BCUT2D eigenvalue weighted by Gasteiger charge is -2.05. The maximum absolute atomic E-state index is 12.0. The van der Waals surface area contributed by atoms with Gasteiger partial charge in [0.25, 0.3) is 5.69 Å². The Morgan fingerprint density at radius 3 is 2.57 bits per heavy atom. The van der Waals surface area contributed by atoms with Gasteiger partial charge in [-0.15, -0.1) is 0 Å². The lowest BCUT2D eigenvalue weighted by Crippen LogP contribution is -2.18. The van der Waals surface area contributed by atoms with Crippen molar-refractivity contribution >= 4 is 22.6 Å². The second kappa shape index (κ2) is 5.09. The maximum atomic E-state index is 12.0. The van der Waals surface area contributed by atoms with Crippen LogP contribution in [0.4, 0.5) is 5.69 Å². The van der Waals surface area contributed by atoms with E-state index >= 15 is 0 Å². The zero-order valence-electron chi connectivity index (χ0n) is 10.8. The van der Waals surface area contributed by atoms with Crippen molar-refractivity contribution in [1.29, 1.82) is 0 Å². The first-order chi connectivity index (χ1) is 10.1. The normalized spacial score (nSPS) is 10.5. The van der Waals surface area contributed by atoms with E-state index in [2.05, 4.69) is 0 Å². The van der Waals surface area contributed by atoms with Gasteiger partial charge in [0.2, 0.25) is 0 Å². The molecule has 6 heteroatoms. The minimum Gasteiger partial charge on any atom is -0.331 e. The van der Waals surface area contributed by atoms with Crippen molar-refractivity contribution in [3.63, 3.8) is 0 Å². The molecular weight excluding hydrogens is 272 g/mol. The van der Waals surface area contributed by atoms with Crippen LogP contribution in [-0.2, 0) is 0 Å². The molecule has 1 aromatic heterocycles. The number of rotatable bonds is 3. The van der Waals surface area contributed by atoms with Crippen LogP contribution < -0.4 is 4.84 Å². The van der Waals surface area contributed by atoms with Gasteiger partial charge in [0.1, 0.15) is 0 Å². The van der Waals surface area contributed by atoms with Gasteiger partial charge in [0.05, 0.1) is 16.0 Å². The predicted octanol–water partition coefficient (Wildman–Crippen LogP) is 2.82. The van der Waals surface area contributed by atoms with E-state index in [4.69, 9.17) is 4.84 Å². The van der Waals surface area contributed by atoms with Crippen molar-refractivity contribution in [3.05, 3.63) is 76.5 Å². The van der Waals surface area contributed by atoms with E-state index in [0.29, 0.717) is 16.5 Å². The zero-order valence-corrected chi connectivity index (χ0v) is 10.8. The summed E-state index contributed by atoms with van der Waals surface area (Å²) in [7, 11) is 0. The highest BCUT2D eigenvalue weighted by molar-refractivity contribution is 5.90. The molecular formula is C15H10N2O4. The zero-order chi connectivity index (χ0) is 14.8. The minimum absolute atomic E-state index is 0.00497. The van der Waals surface area contributed by atoms with Gasteiger partial charge in [-0.25, -0.2) is 4.79 Å². The number of nitro groups is 1. The Morgan fingerprint density at radius 2 is 1.86 bits per heavy atom. The number of nitro benzene ring substituents is 1. The number of hydrogen-bond acceptors (Lipinski definition) is 4. The summed E-state index contributed by atoms with van der Waals surface area (Å²) in [4.78, 5) is 27.5. The summed E-state index contributed by atoms with van der Waals surface area (Å²) in [6, 6.07) is 14.6. The van der Waals surface area contributed by atoms with Crippen LogP contribution in [-0.4, -0.2) is 15.6 Å². The van der Waals surface area contributed by atoms with Gasteiger partial charge in [-0.1, -0.05) is 18.2 Å². The lowest BCUT2D eigenvalue weighted by atomic mass is 10.2. The van der Waals surface area contributed by atoms with Crippen LogP contribution in [0.1, 0.15) is 10.4 Å². The molecule has 0 spiro atoms. The van der Waals surface area contributed by atoms with Gasteiger partial charge < -0.3 is 4.84 Å². The Labute approximate surface area is 119 Å². The van der Waals surface area contributed by atoms with Gasteiger partial charge in [0, 0.05) is 23.7 Å². The summed E-state index contributed by atoms with van der Waals surface area (Å²) in [5, 5.41) is 11.4. The summed E-state index contributed by atoms with van der Waals surface area (Å²) in [5.74, 6) is -0.494. The van der Waals surface area contributed by atoms with Gasteiger partial charge in [-0.05, 0) is 24.3 Å². The number of benzene rings is 2. The second-order valence-electron chi connectivity index (χ2n) is 4.39. The summed E-state index contributed by atoms with van der Waals surface area (Å²) >= 11 is 0. The fourth-order valence-electron chi connectivity index (χ4n) is 2.01. The summed E-state index contributed by atoms with van der Waals surface area (Å²) < 4.78 is 1.30. The number of non-ortho nitro benzene ring substituents is 1. The van der Waals surface area contributed by atoms with Crippen LogP contribution in [0.25, 0.3) is 10.9 Å². The molecule has 0 N–H and O–H groups in total. The largest absolute Gasteiger partial charge is 0.363 e. The highest BCUT2D eigenvalue weighted by Gasteiger charge is 2.12. The molecule has 0 unspecified atom stereocenters. The van der Waals surface area contributed by atoms with Crippen molar-refractivity contribution in [2.45, 2.75) is 0 Å². The first-order valence-corrected chi connectivity index (χ1v) is 6.18. The number of hydrogen-bond donors (Lipinski definition) is 0. The molecule has 0 aliphatic rings. The SMILES string of the molecule is O=C(On1ccc2cc([N+](=O)[O-])ccc21)c1ccccc1. The molecule has 2 aromatic carbocycles. The summed E-state index contributed by atoms with van der Waals surface area (Å²) in [6.45, 7) is 0. The van der Waals surface area contributed by atoms with E-state index in [1.807, 2.05) is 0 Å². The molecule has 0 radical (unpaired) electrons. The van der Waals surface area contributed by atoms with Crippen molar-refractivity contribution in [2.75, 3.05) is 0 Å². The van der Waals surface area contributed by atoms with Crippen molar-refractivity contribution < 1.29 is 14.6 Å². The first kappa shape index (κ1) is 12.9. The third-order valence-corrected chi connectivity index (χ3v) is 3.04. The fraction of sp³-hybridized carbons (Fsp3) is 0. The Morgan fingerprint density at radius 1 is 1.10 bits per heavy atom. The maximum Gasteiger partial charge on any atom is 0.363 e. The Hall–Kier alpha value is -3.15. The van der Waals surface area contributed by atoms with E-state index < -0.39 is 10.9 Å². The molecule has 0 saturated heterocycles. The van der Waals surface area contributed by atoms with Crippen LogP contribution in [0.3, 0.4) is 0 Å². The van der Waals surface area contributed by atoms with Crippen LogP contribution in [0.2, 0.25) is 0 Å². The molecule has 0 bridgehead atoms. The van der Waals surface area contributed by atoms with E-state index in [-0.39, 0.29) is 5.69 Å². The van der Waals surface area contributed by atoms with Crippen LogP contribution in [0, 0.1) is 10.1 Å². The smallest absolute Gasteiger partial charge is 0.331 e. The number of nitrogens with zero attached hydrogens (tertiary/aromatic N) is 2. The van der Waals surface area contributed by atoms with Crippen LogP contribution in [0.15, 0.2) is 60.8 Å². The molecule has 0 amide bonds.